The SMILES string of the molecule is Fc1c(F)c(F)c([B-](c2c(F)c(F)c(F)c(F)c2F)(c2c(F)c(F)c(F)c(F)c2F)c2c(F)c(F)c(F)c(F)c2F)c(F)c1F.c1cc[c]([Bi]([c]2ccccc2)([c]2ccccc2)[c]2ccccc2)cc1. The second-order valence-corrected chi connectivity index (χ2v) is 28.1. The molecule has 0 fully saturated rings. The van der Waals surface area contributed by atoms with E-state index in [2.05, 4.69) is 121 Å². The van der Waals surface area contributed by atoms with E-state index in [0.29, 0.717) is 0 Å². The van der Waals surface area contributed by atoms with Crippen molar-refractivity contribution in [1.82, 2.24) is 0 Å². The minimum atomic E-state index is -7.22. The Morgan fingerprint density at radius 2 is 0.314 bits per heavy atom. The summed E-state index contributed by atoms with van der Waals surface area (Å²) in [5.74, 6) is -71.4. The standard InChI is InChI=1S/C24BF20.4C6H5.Bi/c26-5-1(6(27)14(35)21(42)13(5)34)25(2-7(28)15(36)22(43)16(37)8(2)29,3-9(30)17(38)23(44)18(39)10(3)31)4-11(32)19(40)24(45)20(41)12(4)33;4*1-2-4-6-5-3-1;/h;4*1-5H;/q-1;;;;;. The second-order valence-electron chi connectivity index (χ2n) is 14.8. The van der Waals surface area contributed by atoms with Gasteiger partial charge in [-0.3, -0.25) is 0 Å². The summed E-state index contributed by atoms with van der Waals surface area (Å²) in [6, 6.07) is 44.5. The van der Waals surface area contributed by atoms with E-state index in [1.165, 1.54) is 13.1 Å². The van der Waals surface area contributed by atoms with E-state index in [0.717, 1.165) is 0 Å². The van der Waals surface area contributed by atoms with Gasteiger partial charge in [0.1, 0.15) is 52.7 Å². The van der Waals surface area contributed by atoms with Crippen molar-refractivity contribution in [1.29, 1.82) is 0 Å². The predicted molar refractivity (Wildman–Crippen MR) is 219 cm³/mol. The van der Waals surface area contributed by atoms with Gasteiger partial charge in [-0.05, 0) is 0 Å². The topological polar surface area (TPSA) is 0 Å². The van der Waals surface area contributed by atoms with E-state index in [9.17, 15) is 52.7 Å². The van der Waals surface area contributed by atoms with Crippen LogP contribution in [0.3, 0.4) is 0 Å². The Bertz CT molecular complexity index is 2760. The molecule has 0 aliphatic carbocycles. The zero-order valence-electron chi connectivity index (χ0n) is 34.1. The first-order valence-corrected chi connectivity index (χ1v) is 26.4. The fraction of sp³-hybridized carbons (Fsp3) is 0. The molecular weight excluding hydrogens is 1180 g/mol. The van der Waals surface area contributed by atoms with Crippen LogP contribution in [-0.4, -0.2) is 26.4 Å². The van der Waals surface area contributed by atoms with Crippen LogP contribution < -0.4 is 34.9 Å². The molecule has 0 atom stereocenters. The number of benzene rings is 8. The van der Waals surface area contributed by atoms with Crippen molar-refractivity contribution < 1.29 is 87.8 Å². The maximum absolute atomic E-state index is 15.4. The van der Waals surface area contributed by atoms with Crippen molar-refractivity contribution in [2.24, 2.45) is 0 Å². The molecule has 0 nitrogen and oxygen atoms in total. The van der Waals surface area contributed by atoms with E-state index in [1.807, 2.05) is 0 Å². The molecule has 0 spiro atoms. The molecule has 8 rings (SSSR count). The zero-order valence-corrected chi connectivity index (χ0v) is 37.6. The Kier molecular flexibility index (Phi) is 14.3. The molecule has 1 radical (unpaired) electrons. The van der Waals surface area contributed by atoms with Crippen LogP contribution in [0.1, 0.15) is 0 Å². The van der Waals surface area contributed by atoms with E-state index >= 15 is 35.1 Å². The van der Waals surface area contributed by atoms with Gasteiger partial charge in [0.15, 0.2) is 69.8 Å². The summed E-state index contributed by atoms with van der Waals surface area (Å²) in [5, 5.41) is 0. The molecule has 361 valence electrons. The van der Waals surface area contributed by atoms with Crippen LogP contribution in [0.2, 0.25) is 0 Å². The minimum absolute atomic E-state index is 1.49. The number of hydrogen-bond acceptors (Lipinski definition) is 0. The maximum atomic E-state index is 15.4. The fourth-order valence-electron chi connectivity index (χ4n) is 8.38. The van der Waals surface area contributed by atoms with Gasteiger partial charge in [-0.15, -0.1) is 21.9 Å². The molecule has 0 N–H and O–H groups in total. The Hall–Kier alpha value is -6.69. The Labute approximate surface area is 385 Å². The Morgan fingerprint density at radius 3 is 0.457 bits per heavy atom. The Morgan fingerprint density at radius 1 is 0.186 bits per heavy atom. The van der Waals surface area contributed by atoms with Gasteiger partial charge < -0.3 is 0 Å². The van der Waals surface area contributed by atoms with Crippen LogP contribution in [0.5, 0.6) is 0 Å². The van der Waals surface area contributed by atoms with E-state index in [4.69, 9.17) is 0 Å². The van der Waals surface area contributed by atoms with Crippen LogP contribution in [-0.2, 0) is 0 Å². The molecule has 22 heteroatoms. The van der Waals surface area contributed by atoms with Crippen molar-refractivity contribution in [2.45, 2.75) is 0 Å². The first-order valence-electron chi connectivity index (χ1n) is 19.5. The summed E-state index contributed by atoms with van der Waals surface area (Å²) >= 11 is -3.38. The summed E-state index contributed by atoms with van der Waals surface area (Å²) < 4.78 is 300. The summed E-state index contributed by atoms with van der Waals surface area (Å²) in [4.78, 5) is 0. The molecule has 8 aromatic rings. The summed E-state index contributed by atoms with van der Waals surface area (Å²) in [7, 11) is 0. The van der Waals surface area contributed by atoms with Gasteiger partial charge in [-0.2, -0.15) is 0 Å². The van der Waals surface area contributed by atoms with Crippen molar-refractivity contribution >= 4 is 61.3 Å². The number of hydrogen-bond donors (Lipinski definition) is 0. The zero-order chi connectivity index (χ0) is 51.3. The van der Waals surface area contributed by atoms with Crippen molar-refractivity contribution in [3.05, 3.63) is 238 Å². The molecule has 0 heterocycles. The Balaban J connectivity index is 0.000000242. The van der Waals surface area contributed by atoms with Crippen molar-refractivity contribution in [3.63, 3.8) is 0 Å². The van der Waals surface area contributed by atoms with Crippen LogP contribution >= 0.6 is 0 Å². The van der Waals surface area contributed by atoms with Crippen LogP contribution in [0.4, 0.5) is 87.8 Å². The molecule has 70 heavy (non-hydrogen) atoms. The molecule has 8 aromatic carbocycles. The van der Waals surface area contributed by atoms with Gasteiger partial charge in [0.2, 0.25) is 0 Å². The van der Waals surface area contributed by atoms with Gasteiger partial charge in [0.25, 0.3) is 0 Å². The number of rotatable bonds is 8. The molecule has 0 saturated heterocycles. The molecule has 0 aliphatic rings. The van der Waals surface area contributed by atoms with E-state index < -0.39 is 165 Å². The van der Waals surface area contributed by atoms with E-state index in [-0.39, 0.29) is 0 Å². The average Bonchev–Trinajstić information content (AvgIpc) is 3.38. The monoisotopic (exact) mass is 1200 g/mol. The van der Waals surface area contributed by atoms with Crippen LogP contribution in [0, 0.1) is 116 Å². The molecule has 0 amide bonds. The van der Waals surface area contributed by atoms with Crippen LogP contribution in [0.25, 0.3) is 0 Å². The number of halogens is 20. The molecule has 0 saturated carbocycles. The third-order valence-electron chi connectivity index (χ3n) is 11.3. The first-order chi connectivity index (χ1) is 33.1. The van der Waals surface area contributed by atoms with Gasteiger partial charge in [0, 0.05) is 0 Å². The van der Waals surface area contributed by atoms with Gasteiger partial charge in [-0.25, -0.2) is 87.8 Å². The third kappa shape index (κ3) is 7.78. The van der Waals surface area contributed by atoms with Crippen LogP contribution in [0.15, 0.2) is 121 Å². The molecule has 0 aliphatic heterocycles. The second kappa shape index (κ2) is 19.6. The third-order valence-corrected chi connectivity index (χ3v) is 28.0. The van der Waals surface area contributed by atoms with Crippen molar-refractivity contribution in [2.75, 3.05) is 0 Å². The quantitative estimate of drug-likeness (QED) is 0.0618. The molecule has 0 bridgehead atoms. The molecule has 0 aromatic heterocycles. The summed E-state index contributed by atoms with van der Waals surface area (Å²) in [6.07, 6.45) is -7.22. The summed E-state index contributed by atoms with van der Waals surface area (Å²) in [6.45, 7) is 0. The van der Waals surface area contributed by atoms with E-state index in [1.54, 1.807) is 0 Å². The predicted octanol–water partition coefficient (Wildman–Crippen LogP) is 8.91. The normalized spacial score (nSPS) is 11.7. The van der Waals surface area contributed by atoms with Gasteiger partial charge in [0.05, 0.1) is 0 Å². The fourth-order valence-corrected chi connectivity index (χ4v) is 25.0. The molecule has 0 unspecified atom stereocenters. The van der Waals surface area contributed by atoms with Crippen molar-refractivity contribution in [3.8, 4) is 0 Å². The average molecular weight is 1200 g/mol. The molecular formula is C48H20BBiF20-. The van der Waals surface area contributed by atoms with Gasteiger partial charge in [-0.1, -0.05) is 0 Å². The first kappa shape index (κ1) is 51.2. The summed E-state index contributed by atoms with van der Waals surface area (Å²) in [5.41, 5.74) is -14.3. The van der Waals surface area contributed by atoms with Gasteiger partial charge >= 0.3 is 155 Å².